The molecule has 0 bridgehead atoms. The van der Waals surface area contributed by atoms with Crippen LogP contribution in [0.25, 0.3) is 0 Å². The van der Waals surface area contributed by atoms with Crippen molar-refractivity contribution >= 4 is 23.6 Å². The van der Waals surface area contributed by atoms with E-state index in [0.29, 0.717) is 11.3 Å². The second-order valence-corrected chi connectivity index (χ2v) is 6.00. The van der Waals surface area contributed by atoms with Gasteiger partial charge < -0.3 is 10.4 Å². The Labute approximate surface area is 125 Å². The van der Waals surface area contributed by atoms with E-state index in [1.807, 2.05) is 13.8 Å². The van der Waals surface area contributed by atoms with Crippen molar-refractivity contribution < 1.29 is 23.5 Å². The van der Waals surface area contributed by atoms with Crippen LogP contribution < -0.4 is 5.32 Å². The number of amides is 1. The number of aliphatic carboxylic acids is 1. The second-order valence-electron chi connectivity index (χ2n) is 4.95. The van der Waals surface area contributed by atoms with Crippen LogP contribution in [0.15, 0.2) is 23.1 Å². The molecule has 0 spiro atoms. The molecule has 0 aliphatic carbocycles. The molecule has 0 aromatic heterocycles. The highest BCUT2D eigenvalue weighted by atomic mass is 32.2. The number of benzene rings is 1. The van der Waals surface area contributed by atoms with Crippen LogP contribution in [0, 0.1) is 17.6 Å². The van der Waals surface area contributed by atoms with Gasteiger partial charge in [-0.2, -0.15) is 0 Å². The van der Waals surface area contributed by atoms with Gasteiger partial charge in [-0.15, -0.1) is 11.8 Å². The van der Waals surface area contributed by atoms with Crippen LogP contribution in [0.2, 0.25) is 0 Å². The van der Waals surface area contributed by atoms with E-state index in [4.69, 9.17) is 5.11 Å². The molecule has 0 unspecified atom stereocenters. The lowest BCUT2D eigenvalue weighted by atomic mass is 10.0. The Balaban J connectivity index is 2.52. The molecule has 0 radical (unpaired) electrons. The monoisotopic (exact) mass is 317 g/mol. The minimum Gasteiger partial charge on any atom is -0.480 e. The number of hydrogen-bond acceptors (Lipinski definition) is 3. The van der Waals surface area contributed by atoms with Crippen LogP contribution in [-0.2, 0) is 9.59 Å². The van der Waals surface area contributed by atoms with E-state index in [2.05, 4.69) is 5.32 Å². The zero-order valence-corrected chi connectivity index (χ0v) is 12.5. The zero-order valence-electron chi connectivity index (χ0n) is 11.7. The Hall–Kier alpha value is -1.63. The minimum atomic E-state index is -1.09. The molecule has 1 atom stereocenters. The van der Waals surface area contributed by atoms with Gasteiger partial charge in [0.2, 0.25) is 5.91 Å². The summed E-state index contributed by atoms with van der Waals surface area (Å²) >= 11 is 1.01. The summed E-state index contributed by atoms with van der Waals surface area (Å²) in [6, 6.07) is 2.40. The highest BCUT2D eigenvalue weighted by molar-refractivity contribution is 8.00. The van der Waals surface area contributed by atoms with Crippen molar-refractivity contribution in [1.82, 2.24) is 5.32 Å². The van der Waals surface area contributed by atoms with E-state index >= 15 is 0 Å². The first-order valence-corrected chi connectivity index (χ1v) is 7.38. The predicted molar refractivity (Wildman–Crippen MR) is 76.1 cm³/mol. The molecule has 1 rings (SSSR count). The average molecular weight is 317 g/mol. The normalized spacial score (nSPS) is 12.2. The van der Waals surface area contributed by atoms with E-state index in [0.717, 1.165) is 23.9 Å². The number of nitrogens with one attached hydrogen (secondary N) is 1. The molecule has 1 amide bonds. The molecule has 1 aromatic rings. The zero-order chi connectivity index (χ0) is 16.0. The number of carboxylic acid groups (broad SMARTS) is 1. The molecule has 0 heterocycles. The fraction of sp³-hybridized carbons (Fsp3) is 0.429. The summed E-state index contributed by atoms with van der Waals surface area (Å²) in [6.07, 6.45) is 0.330. The molecule has 2 N–H and O–H groups in total. The number of carbonyl (C=O) groups excluding carboxylic acids is 1. The van der Waals surface area contributed by atoms with Crippen LogP contribution >= 0.6 is 11.8 Å². The van der Waals surface area contributed by atoms with Crippen molar-refractivity contribution in [3.63, 3.8) is 0 Å². The van der Waals surface area contributed by atoms with Crippen LogP contribution in [0.3, 0.4) is 0 Å². The minimum absolute atomic E-state index is 0.0626. The highest BCUT2D eigenvalue weighted by Crippen LogP contribution is 2.20. The highest BCUT2D eigenvalue weighted by Gasteiger charge is 2.21. The van der Waals surface area contributed by atoms with Crippen molar-refractivity contribution in [1.29, 1.82) is 0 Å². The lowest BCUT2D eigenvalue weighted by Gasteiger charge is -2.16. The fourth-order valence-electron chi connectivity index (χ4n) is 1.64. The quantitative estimate of drug-likeness (QED) is 0.759. The first-order chi connectivity index (χ1) is 9.79. The summed E-state index contributed by atoms with van der Waals surface area (Å²) in [5.41, 5.74) is 0. The Bertz CT molecular complexity index is 523. The van der Waals surface area contributed by atoms with E-state index in [1.165, 1.54) is 6.07 Å². The average Bonchev–Trinajstić information content (AvgIpc) is 2.38. The predicted octanol–water partition coefficient (Wildman–Crippen LogP) is 2.67. The molecule has 0 fully saturated rings. The maximum Gasteiger partial charge on any atom is 0.326 e. The third-order valence-corrected chi connectivity index (χ3v) is 3.60. The summed E-state index contributed by atoms with van der Waals surface area (Å²) in [7, 11) is 0. The Morgan fingerprint density at radius 3 is 2.48 bits per heavy atom. The van der Waals surface area contributed by atoms with Gasteiger partial charge in [0.05, 0.1) is 5.75 Å². The van der Waals surface area contributed by atoms with Crippen LogP contribution in [0.4, 0.5) is 8.78 Å². The van der Waals surface area contributed by atoms with Crippen LogP contribution in [-0.4, -0.2) is 28.8 Å². The summed E-state index contributed by atoms with van der Waals surface area (Å²) in [5.74, 6) is -3.42. The smallest absolute Gasteiger partial charge is 0.326 e. The molecular formula is C14H17F2NO3S. The van der Waals surface area contributed by atoms with Gasteiger partial charge in [0.15, 0.2) is 11.6 Å². The summed E-state index contributed by atoms with van der Waals surface area (Å²) in [6.45, 7) is 3.72. The number of carbonyl (C=O) groups is 2. The van der Waals surface area contributed by atoms with Crippen LogP contribution in [0.5, 0.6) is 0 Å². The standard InChI is InChI=1S/C14H17F2NO3S/c1-8(2)5-12(14(19)20)17-13(18)7-21-9-3-4-10(15)11(16)6-9/h3-4,6,8,12H,5,7H2,1-2H3,(H,17,18)(H,19,20)/t12-/m1/s1. The van der Waals surface area contributed by atoms with E-state index in [9.17, 15) is 18.4 Å². The lowest BCUT2D eigenvalue weighted by Crippen LogP contribution is -2.42. The van der Waals surface area contributed by atoms with Gasteiger partial charge >= 0.3 is 5.97 Å². The van der Waals surface area contributed by atoms with Crippen molar-refractivity contribution in [3.05, 3.63) is 29.8 Å². The molecule has 4 nitrogen and oxygen atoms in total. The van der Waals surface area contributed by atoms with Crippen molar-refractivity contribution in [2.24, 2.45) is 5.92 Å². The molecule has 1 aromatic carbocycles. The maximum absolute atomic E-state index is 13.0. The Morgan fingerprint density at radius 2 is 1.95 bits per heavy atom. The van der Waals surface area contributed by atoms with Gasteiger partial charge in [-0.25, -0.2) is 13.6 Å². The molecule has 21 heavy (non-hydrogen) atoms. The maximum atomic E-state index is 13.0. The molecule has 0 aliphatic heterocycles. The second kappa shape index (κ2) is 7.97. The van der Waals surface area contributed by atoms with Crippen molar-refractivity contribution in [2.75, 3.05) is 5.75 Å². The van der Waals surface area contributed by atoms with Gasteiger partial charge in [0.25, 0.3) is 0 Å². The first-order valence-electron chi connectivity index (χ1n) is 6.39. The fourth-order valence-corrected chi connectivity index (χ4v) is 2.38. The number of thioether (sulfide) groups is 1. The first kappa shape index (κ1) is 17.4. The van der Waals surface area contributed by atoms with E-state index in [-0.39, 0.29) is 11.7 Å². The largest absolute Gasteiger partial charge is 0.480 e. The van der Waals surface area contributed by atoms with Gasteiger partial charge in [-0.05, 0) is 30.5 Å². The lowest BCUT2D eigenvalue weighted by molar-refractivity contribution is -0.141. The number of halogens is 2. The Morgan fingerprint density at radius 1 is 1.29 bits per heavy atom. The number of hydrogen-bond donors (Lipinski definition) is 2. The topological polar surface area (TPSA) is 66.4 Å². The summed E-state index contributed by atoms with van der Waals surface area (Å²) in [4.78, 5) is 23.1. The van der Waals surface area contributed by atoms with Gasteiger partial charge in [0, 0.05) is 4.90 Å². The van der Waals surface area contributed by atoms with Crippen LogP contribution in [0.1, 0.15) is 20.3 Å². The van der Waals surface area contributed by atoms with Gasteiger partial charge in [-0.3, -0.25) is 4.79 Å². The van der Waals surface area contributed by atoms with Gasteiger partial charge in [-0.1, -0.05) is 13.8 Å². The molecule has 7 heteroatoms. The Kier molecular flexibility index (Phi) is 6.61. The molecule has 0 aliphatic rings. The molecule has 116 valence electrons. The van der Waals surface area contributed by atoms with E-state index in [1.54, 1.807) is 0 Å². The summed E-state index contributed by atoms with van der Waals surface area (Å²) < 4.78 is 25.7. The van der Waals surface area contributed by atoms with E-state index < -0.39 is 29.6 Å². The number of carboxylic acids is 1. The molecular weight excluding hydrogens is 300 g/mol. The van der Waals surface area contributed by atoms with Crippen molar-refractivity contribution in [3.8, 4) is 0 Å². The number of rotatable bonds is 7. The van der Waals surface area contributed by atoms with Gasteiger partial charge in [0.1, 0.15) is 6.04 Å². The third kappa shape index (κ3) is 6.12. The third-order valence-electron chi connectivity index (χ3n) is 2.60. The summed E-state index contributed by atoms with van der Waals surface area (Å²) in [5, 5.41) is 11.4. The van der Waals surface area contributed by atoms with Crippen molar-refractivity contribution in [2.45, 2.75) is 31.2 Å². The molecule has 0 saturated carbocycles. The SMILES string of the molecule is CC(C)C[C@@H](NC(=O)CSc1ccc(F)c(F)c1)C(=O)O. The molecule has 0 saturated heterocycles.